The second kappa shape index (κ2) is 3.58. The molecule has 13 heavy (non-hydrogen) atoms. The van der Waals surface area contributed by atoms with E-state index in [0.29, 0.717) is 0 Å². The number of aromatic amines is 1. The minimum absolute atomic E-state index is 1.01. The van der Waals surface area contributed by atoms with Crippen molar-refractivity contribution in [2.45, 2.75) is 6.42 Å². The van der Waals surface area contributed by atoms with Crippen molar-refractivity contribution < 1.29 is 0 Å². The van der Waals surface area contributed by atoms with E-state index in [1.54, 1.807) is 6.33 Å². The predicted molar refractivity (Wildman–Crippen MR) is 53.7 cm³/mol. The number of hydrogen-bond donors (Lipinski definition) is 2. The summed E-state index contributed by atoms with van der Waals surface area (Å²) in [5.41, 5.74) is 3.49. The first-order chi connectivity index (χ1) is 6.40. The van der Waals surface area contributed by atoms with Gasteiger partial charge < -0.3 is 10.3 Å². The van der Waals surface area contributed by atoms with Crippen LogP contribution in [0.3, 0.4) is 0 Å². The van der Waals surface area contributed by atoms with E-state index < -0.39 is 0 Å². The van der Waals surface area contributed by atoms with Crippen molar-refractivity contribution in [1.29, 1.82) is 0 Å². The van der Waals surface area contributed by atoms with Crippen LogP contribution in [0.25, 0.3) is 11.0 Å². The number of rotatable bonds is 3. The minimum Gasteiger partial charge on any atom is -0.345 e. The molecule has 68 valence electrons. The summed E-state index contributed by atoms with van der Waals surface area (Å²) < 4.78 is 0. The average Bonchev–Trinajstić information content (AvgIpc) is 2.61. The van der Waals surface area contributed by atoms with Gasteiger partial charge in [-0.15, -0.1) is 0 Å². The van der Waals surface area contributed by atoms with Gasteiger partial charge in [0.15, 0.2) is 0 Å². The van der Waals surface area contributed by atoms with Crippen molar-refractivity contribution in [2.24, 2.45) is 0 Å². The van der Waals surface area contributed by atoms with E-state index in [2.05, 4.69) is 33.5 Å². The van der Waals surface area contributed by atoms with Gasteiger partial charge in [0.25, 0.3) is 0 Å². The summed E-state index contributed by atoms with van der Waals surface area (Å²) in [5, 5.41) is 3.13. The molecule has 0 radical (unpaired) electrons. The number of hydrogen-bond acceptors (Lipinski definition) is 2. The van der Waals surface area contributed by atoms with E-state index in [0.717, 1.165) is 24.0 Å². The lowest BCUT2D eigenvalue weighted by Gasteiger charge is -1.99. The zero-order chi connectivity index (χ0) is 9.10. The lowest BCUT2D eigenvalue weighted by atomic mass is 10.1. The summed E-state index contributed by atoms with van der Waals surface area (Å²) in [5.74, 6) is 0. The van der Waals surface area contributed by atoms with Crippen LogP contribution in [-0.4, -0.2) is 23.6 Å². The van der Waals surface area contributed by atoms with Gasteiger partial charge in [0, 0.05) is 0 Å². The highest BCUT2D eigenvalue weighted by Crippen LogP contribution is 2.11. The molecule has 0 unspecified atom stereocenters. The molecule has 0 aliphatic heterocycles. The van der Waals surface area contributed by atoms with Crippen molar-refractivity contribution >= 4 is 11.0 Å². The van der Waals surface area contributed by atoms with Crippen LogP contribution in [-0.2, 0) is 6.42 Å². The molecule has 0 saturated carbocycles. The van der Waals surface area contributed by atoms with Crippen LogP contribution in [0.4, 0.5) is 0 Å². The van der Waals surface area contributed by atoms with Crippen LogP contribution in [0, 0.1) is 0 Å². The number of nitrogens with one attached hydrogen (secondary N) is 2. The summed E-state index contributed by atoms with van der Waals surface area (Å²) >= 11 is 0. The Labute approximate surface area is 77.2 Å². The Bertz CT molecular complexity index is 392. The SMILES string of the molecule is CNCCc1ccc2nc[nH]c2c1. The third kappa shape index (κ3) is 1.70. The van der Waals surface area contributed by atoms with Gasteiger partial charge in [0.1, 0.15) is 0 Å². The number of benzene rings is 1. The van der Waals surface area contributed by atoms with Crippen molar-refractivity contribution in [3.8, 4) is 0 Å². The molecule has 1 aromatic heterocycles. The van der Waals surface area contributed by atoms with Gasteiger partial charge in [-0.25, -0.2) is 4.98 Å². The van der Waals surface area contributed by atoms with Crippen LogP contribution in [0.2, 0.25) is 0 Å². The van der Waals surface area contributed by atoms with Crippen LogP contribution in [0.1, 0.15) is 5.56 Å². The average molecular weight is 175 g/mol. The maximum Gasteiger partial charge on any atom is 0.0931 e. The summed E-state index contributed by atoms with van der Waals surface area (Å²) in [7, 11) is 1.97. The van der Waals surface area contributed by atoms with Crippen LogP contribution in [0.5, 0.6) is 0 Å². The summed E-state index contributed by atoms with van der Waals surface area (Å²) in [4.78, 5) is 7.27. The normalized spacial score (nSPS) is 10.8. The molecule has 3 nitrogen and oxygen atoms in total. The van der Waals surface area contributed by atoms with E-state index in [9.17, 15) is 0 Å². The molecule has 2 N–H and O–H groups in total. The molecule has 0 spiro atoms. The second-order valence-electron chi connectivity index (χ2n) is 3.11. The molecular formula is C10H13N3. The van der Waals surface area contributed by atoms with Gasteiger partial charge in [0.2, 0.25) is 0 Å². The standard InChI is InChI=1S/C10H13N3/c1-11-5-4-8-2-3-9-10(6-8)13-7-12-9/h2-3,6-7,11H,4-5H2,1H3,(H,12,13). The molecule has 3 heteroatoms. The molecule has 2 rings (SSSR count). The molecule has 2 aromatic rings. The Morgan fingerprint density at radius 2 is 2.38 bits per heavy atom. The van der Waals surface area contributed by atoms with Gasteiger partial charge in [-0.05, 0) is 37.7 Å². The van der Waals surface area contributed by atoms with Crippen molar-refractivity contribution in [1.82, 2.24) is 15.3 Å². The van der Waals surface area contributed by atoms with E-state index in [-0.39, 0.29) is 0 Å². The summed E-state index contributed by atoms with van der Waals surface area (Å²) in [6.07, 6.45) is 2.79. The molecule has 0 amide bonds. The van der Waals surface area contributed by atoms with E-state index in [4.69, 9.17) is 0 Å². The second-order valence-corrected chi connectivity index (χ2v) is 3.11. The maximum atomic E-state index is 4.17. The highest BCUT2D eigenvalue weighted by atomic mass is 14.9. The zero-order valence-corrected chi connectivity index (χ0v) is 7.67. The largest absolute Gasteiger partial charge is 0.345 e. The van der Waals surface area contributed by atoms with Gasteiger partial charge in [0.05, 0.1) is 17.4 Å². The fraction of sp³-hybridized carbons (Fsp3) is 0.300. The fourth-order valence-electron chi connectivity index (χ4n) is 1.41. The number of likely N-dealkylation sites (N-methyl/N-ethyl adjacent to an activating group) is 1. The Morgan fingerprint density at radius 1 is 1.46 bits per heavy atom. The Balaban J connectivity index is 2.26. The highest BCUT2D eigenvalue weighted by Gasteiger charge is 1.97. The number of imidazole rings is 1. The molecule has 0 aliphatic carbocycles. The van der Waals surface area contributed by atoms with Crippen molar-refractivity contribution in [3.05, 3.63) is 30.1 Å². The topological polar surface area (TPSA) is 40.7 Å². The lowest BCUT2D eigenvalue weighted by molar-refractivity contribution is 0.792. The number of aromatic nitrogens is 2. The Kier molecular flexibility index (Phi) is 2.27. The molecular weight excluding hydrogens is 162 g/mol. The maximum absolute atomic E-state index is 4.17. The molecule has 0 aliphatic rings. The zero-order valence-electron chi connectivity index (χ0n) is 7.67. The first kappa shape index (κ1) is 8.26. The molecule has 0 saturated heterocycles. The van der Waals surface area contributed by atoms with Crippen LogP contribution < -0.4 is 5.32 Å². The molecule has 0 atom stereocenters. The first-order valence-electron chi connectivity index (χ1n) is 4.47. The van der Waals surface area contributed by atoms with Gasteiger partial charge in [-0.3, -0.25) is 0 Å². The van der Waals surface area contributed by atoms with Crippen molar-refractivity contribution in [3.63, 3.8) is 0 Å². The fourth-order valence-corrected chi connectivity index (χ4v) is 1.41. The summed E-state index contributed by atoms with van der Waals surface area (Å²) in [6.45, 7) is 1.01. The predicted octanol–water partition coefficient (Wildman–Crippen LogP) is 1.32. The third-order valence-corrected chi connectivity index (χ3v) is 2.15. The van der Waals surface area contributed by atoms with Gasteiger partial charge in [-0.1, -0.05) is 6.07 Å². The van der Waals surface area contributed by atoms with E-state index >= 15 is 0 Å². The van der Waals surface area contributed by atoms with E-state index in [1.807, 2.05) is 7.05 Å². The highest BCUT2D eigenvalue weighted by molar-refractivity contribution is 5.74. The monoisotopic (exact) mass is 175 g/mol. The Hall–Kier alpha value is -1.35. The number of nitrogens with zero attached hydrogens (tertiary/aromatic N) is 1. The molecule has 1 aromatic carbocycles. The first-order valence-corrected chi connectivity index (χ1v) is 4.47. The van der Waals surface area contributed by atoms with Crippen molar-refractivity contribution in [2.75, 3.05) is 13.6 Å². The van der Waals surface area contributed by atoms with E-state index in [1.165, 1.54) is 5.56 Å². The van der Waals surface area contributed by atoms with Crippen LogP contribution >= 0.6 is 0 Å². The summed E-state index contributed by atoms with van der Waals surface area (Å²) in [6, 6.07) is 6.33. The van der Waals surface area contributed by atoms with Gasteiger partial charge >= 0.3 is 0 Å². The minimum atomic E-state index is 1.01. The smallest absolute Gasteiger partial charge is 0.0931 e. The molecule has 1 heterocycles. The number of fused-ring (bicyclic) bond motifs is 1. The lowest BCUT2D eigenvalue weighted by Crippen LogP contribution is -2.10. The number of H-pyrrole nitrogens is 1. The van der Waals surface area contributed by atoms with Gasteiger partial charge in [-0.2, -0.15) is 0 Å². The quantitative estimate of drug-likeness (QED) is 0.738. The molecule has 0 bridgehead atoms. The third-order valence-electron chi connectivity index (χ3n) is 2.15. The Morgan fingerprint density at radius 3 is 3.23 bits per heavy atom. The van der Waals surface area contributed by atoms with Crippen LogP contribution in [0.15, 0.2) is 24.5 Å². The molecule has 0 fully saturated rings.